The summed E-state index contributed by atoms with van der Waals surface area (Å²) in [7, 11) is 4.25. The zero-order valence-electron chi connectivity index (χ0n) is 14.5. The first kappa shape index (κ1) is 18.4. The Kier molecular flexibility index (Phi) is 7.10. The summed E-state index contributed by atoms with van der Waals surface area (Å²) >= 11 is 0. The van der Waals surface area contributed by atoms with Crippen molar-refractivity contribution < 1.29 is 4.79 Å². The Bertz CT molecular complexity index is 334. The molecule has 5 nitrogen and oxygen atoms in total. The van der Waals surface area contributed by atoms with Gasteiger partial charge in [-0.05, 0) is 66.7 Å². The van der Waals surface area contributed by atoms with Gasteiger partial charge in [-0.15, -0.1) is 0 Å². The monoisotopic (exact) mass is 298 g/mol. The van der Waals surface area contributed by atoms with E-state index in [4.69, 9.17) is 5.73 Å². The standard InChI is InChI=1S/C16H34N4O/c1-6-9-18-16(3,15(17)21)11-13(2)20-10-7-8-14(20)12-19(4)5/h13-14,18H,6-12H2,1-5H3,(H2,17,21). The molecule has 3 N–H and O–H groups in total. The van der Waals surface area contributed by atoms with Crippen LogP contribution in [0.2, 0.25) is 0 Å². The minimum Gasteiger partial charge on any atom is -0.368 e. The van der Waals surface area contributed by atoms with Gasteiger partial charge in [0.1, 0.15) is 0 Å². The quantitative estimate of drug-likeness (QED) is 0.667. The lowest BCUT2D eigenvalue weighted by molar-refractivity contribution is -0.124. The lowest BCUT2D eigenvalue weighted by atomic mass is 9.91. The van der Waals surface area contributed by atoms with Gasteiger partial charge in [0.05, 0.1) is 5.54 Å². The van der Waals surface area contributed by atoms with Gasteiger partial charge in [0.15, 0.2) is 0 Å². The van der Waals surface area contributed by atoms with Crippen LogP contribution >= 0.6 is 0 Å². The van der Waals surface area contributed by atoms with Gasteiger partial charge in [-0.2, -0.15) is 0 Å². The van der Waals surface area contributed by atoms with Crippen molar-refractivity contribution in [3.05, 3.63) is 0 Å². The SMILES string of the molecule is CCCNC(C)(CC(C)N1CCCC1CN(C)C)C(N)=O. The van der Waals surface area contributed by atoms with Crippen LogP contribution in [0.5, 0.6) is 0 Å². The largest absolute Gasteiger partial charge is 0.368 e. The highest BCUT2D eigenvalue weighted by molar-refractivity contribution is 5.84. The van der Waals surface area contributed by atoms with E-state index in [0.29, 0.717) is 12.1 Å². The number of hydrogen-bond acceptors (Lipinski definition) is 4. The molecule has 124 valence electrons. The lowest BCUT2D eigenvalue weighted by Crippen LogP contribution is -2.57. The summed E-state index contributed by atoms with van der Waals surface area (Å²) in [6.45, 7) is 9.31. The molecule has 1 aliphatic rings. The van der Waals surface area contributed by atoms with Crippen LogP contribution in [-0.2, 0) is 4.79 Å². The Balaban J connectivity index is 2.67. The second-order valence-electron chi connectivity index (χ2n) is 6.97. The van der Waals surface area contributed by atoms with E-state index in [-0.39, 0.29) is 5.91 Å². The number of carbonyl (C=O) groups is 1. The molecule has 0 aliphatic carbocycles. The number of nitrogens with zero attached hydrogens (tertiary/aromatic N) is 2. The number of nitrogens with one attached hydrogen (secondary N) is 1. The van der Waals surface area contributed by atoms with Crippen LogP contribution in [0.15, 0.2) is 0 Å². The second kappa shape index (κ2) is 8.11. The van der Waals surface area contributed by atoms with Crippen molar-refractivity contribution in [1.29, 1.82) is 0 Å². The Hall–Kier alpha value is -0.650. The third-order valence-corrected chi connectivity index (χ3v) is 4.58. The molecule has 5 heteroatoms. The molecule has 3 atom stereocenters. The van der Waals surface area contributed by atoms with Gasteiger partial charge in [0.2, 0.25) is 5.91 Å². The number of amides is 1. The van der Waals surface area contributed by atoms with E-state index in [9.17, 15) is 4.79 Å². The molecule has 1 rings (SSSR count). The molecule has 1 heterocycles. The van der Waals surface area contributed by atoms with Gasteiger partial charge >= 0.3 is 0 Å². The third kappa shape index (κ3) is 5.24. The molecule has 1 saturated heterocycles. The Morgan fingerprint density at radius 2 is 2.19 bits per heavy atom. The normalized spacial score (nSPS) is 24.2. The number of hydrogen-bond donors (Lipinski definition) is 2. The first-order chi connectivity index (χ1) is 9.80. The van der Waals surface area contributed by atoms with Crippen molar-refractivity contribution >= 4 is 5.91 Å². The molecule has 3 unspecified atom stereocenters. The first-order valence-electron chi connectivity index (χ1n) is 8.25. The number of primary amides is 1. The van der Waals surface area contributed by atoms with Crippen LogP contribution in [0.4, 0.5) is 0 Å². The molecule has 0 saturated carbocycles. The van der Waals surface area contributed by atoms with Crippen LogP contribution in [0.25, 0.3) is 0 Å². The maximum atomic E-state index is 11.9. The molecule has 0 bridgehead atoms. The average Bonchev–Trinajstić information content (AvgIpc) is 2.83. The Labute approximate surface area is 130 Å². The summed E-state index contributed by atoms with van der Waals surface area (Å²) in [4.78, 5) is 16.7. The van der Waals surface area contributed by atoms with Crippen molar-refractivity contribution in [3.8, 4) is 0 Å². The molecule has 0 spiro atoms. The molecule has 1 aliphatic heterocycles. The van der Waals surface area contributed by atoms with Crippen LogP contribution in [0.1, 0.15) is 46.5 Å². The first-order valence-corrected chi connectivity index (χ1v) is 8.25. The molecule has 0 radical (unpaired) electrons. The van der Waals surface area contributed by atoms with E-state index < -0.39 is 5.54 Å². The highest BCUT2D eigenvalue weighted by Crippen LogP contribution is 2.25. The number of rotatable bonds is 9. The van der Waals surface area contributed by atoms with E-state index in [1.165, 1.54) is 12.8 Å². The van der Waals surface area contributed by atoms with E-state index in [1.54, 1.807) is 0 Å². The molecule has 0 aromatic rings. The maximum absolute atomic E-state index is 11.9. The zero-order valence-corrected chi connectivity index (χ0v) is 14.5. The fraction of sp³-hybridized carbons (Fsp3) is 0.938. The van der Waals surface area contributed by atoms with Crippen molar-refractivity contribution in [3.63, 3.8) is 0 Å². The van der Waals surface area contributed by atoms with Crippen LogP contribution in [-0.4, -0.2) is 67.1 Å². The van der Waals surface area contributed by atoms with Crippen molar-refractivity contribution in [1.82, 2.24) is 15.1 Å². The molecule has 0 aromatic heterocycles. The fourth-order valence-corrected chi connectivity index (χ4v) is 3.42. The van der Waals surface area contributed by atoms with Gasteiger partial charge in [-0.3, -0.25) is 9.69 Å². The van der Waals surface area contributed by atoms with Crippen LogP contribution in [0, 0.1) is 0 Å². The summed E-state index contributed by atoms with van der Waals surface area (Å²) in [5.41, 5.74) is 5.04. The topological polar surface area (TPSA) is 61.6 Å². The summed E-state index contributed by atoms with van der Waals surface area (Å²) in [5, 5.41) is 3.34. The maximum Gasteiger partial charge on any atom is 0.237 e. The van der Waals surface area contributed by atoms with Gasteiger partial charge in [-0.25, -0.2) is 0 Å². The molecule has 1 fully saturated rings. The molecular weight excluding hydrogens is 264 g/mol. The van der Waals surface area contributed by atoms with Gasteiger partial charge in [0, 0.05) is 18.6 Å². The fourth-order valence-electron chi connectivity index (χ4n) is 3.42. The van der Waals surface area contributed by atoms with Gasteiger partial charge < -0.3 is 16.0 Å². The highest BCUT2D eigenvalue weighted by atomic mass is 16.1. The van der Waals surface area contributed by atoms with Crippen LogP contribution < -0.4 is 11.1 Å². The lowest BCUT2D eigenvalue weighted by Gasteiger charge is -2.37. The predicted molar refractivity (Wildman–Crippen MR) is 88.3 cm³/mol. The van der Waals surface area contributed by atoms with E-state index in [2.05, 4.69) is 43.1 Å². The second-order valence-corrected chi connectivity index (χ2v) is 6.97. The van der Waals surface area contributed by atoms with Gasteiger partial charge in [-0.1, -0.05) is 6.92 Å². The third-order valence-electron chi connectivity index (χ3n) is 4.58. The van der Waals surface area contributed by atoms with Crippen molar-refractivity contribution in [2.45, 2.75) is 64.1 Å². The Morgan fingerprint density at radius 1 is 1.52 bits per heavy atom. The van der Waals surface area contributed by atoms with E-state index in [0.717, 1.165) is 32.5 Å². The number of nitrogens with two attached hydrogens (primary N) is 1. The van der Waals surface area contributed by atoms with E-state index in [1.807, 2.05) is 6.92 Å². The minimum atomic E-state index is -0.610. The minimum absolute atomic E-state index is 0.244. The molecule has 0 aromatic carbocycles. The average molecular weight is 298 g/mol. The van der Waals surface area contributed by atoms with E-state index >= 15 is 0 Å². The summed E-state index contributed by atoms with van der Waals surface area (Å²) in [6, 6.07) is 0.956. The number of likely N-dealkylation sites (N-methyl/N-ethyl adjacent to an activating group) is 1. The summed E-state index contributed by atoms with van der Waals surface area (Å²) in [6.07, 6.45) is 4.27. The Morgan fingerprint density at radius 3 is 2.71 bits per heavy atom. The van der Waals surface area contributed by atoms with Gasteiger partial charge in [0.25, 0.3) is 0 Å². The molecular formula is C16H34N4O. The summed E-state index contributed by atoms with van der Waals surface area (Å²) < 4.78 is 0. The molecule has 1 amide bonds. The highest BCUT2D eigenvalue weighted by Gasteiger charge is 2.36. The molecule has 21 heavy (non-hydrogen) atoms. The zero-order chi connectivity index (χ0) is 16.0. The number of carbonyl (C=O) groups excluding carboxylic acids is 1. The number of likely N-dealkylation sites (tertiary alicyclic amines) is 1. The summed E-state index contributed by atoms with van der Waals surface area (Å²) in [5.74, 6) is -0.244. The van der Waals surface area contributed by atoms with Crippen molar-refractivity contribution in [2.75, 3.05) is 33.7 Å². The smallest absolute Gasteiger partial charge is 0.237 e. The predicted octanol–water partition coefficient (Wildman–Crippen LogP) is 1.03. The van der Waals surface area contributed by atoms with Crippen molar-refractivity contribution in [2.24, 2.45) is 5.73 Å². The van der Waals surface area contributed by atoms with Crippen LogP contribution in [0.3, 0.4) is 0 Å².